The lowest BCUT2D eigenvalue weighted by atomic mass is 9.85. The zero-order chi connectivity index (χ0) is 18.1. The van der Waals surface area contributed by atoms with E-state index in [2.05, 4.69) is 32.2 Å². The minimum absolute atomic E-state index is 0.0579. The maximum atomic E-state index is 12.5. The molecule has 3 heteroatoms. The predicted octanol–water partition coefficient (Wildman–Crippen LogP) is 5.16. The van der Waals surface area contributed by atoms with Crippen LogP contribution in [0.2, 0.25) is 0 Å². The standard InChI is InChI=1S/C22H20N2O/c1-5-17-9-10-20-19(13-17)21(18-8-6-7-14(2)15(18)3)22(16(4)25)24(20)12-11-23/h5-10,13-14H,1,3,12H2,2,4H3. The first-order valence-corrected chi connectivity index (χ1v) is 8.24. The molecule has 1 aromatic carbocycles. The summed E-state index contributed by atoms with van der Waals surface area (Å²) in [5.41, 5.74) is 5.22. The molecule has 0 fully saturated rings. The normalized spacial score (nSPS) is 16.6. The third-order valence-corrected chi connectivity index (χ3v) is 4.71. The van der Waals surface area contributed by atoms with Crippen molar-refractivity contribution in [2.45, 2.75) is 20.4 Å². The van der Waals surface area contributed by atoms with E-state index in [-0.39, 0.29) is 18.2 Å². The van der Waals surface area contributed by atoms with Crippen LogP contribution >= 0.6 is 0 Å². The number of rotatable bonds is 4. The monoisotopic (exact) mass is 328 g/mol. The molecule has 1 aliphatic carbocycles. The van der Waals surface area contributed by atoms with E-state index in [1.54, 1.807) is 17.6 Å². The summed E-state index contributed by atoms with van der Waals surface area (Å²) < 4.78 is 1.80. The van der Waals surface area contributed by atoms with E-state index in [9.17, 15) is 10.1 Å². The number of hydrogen-bond donors (Lipinski definition) is 0. The lowest BCUT2D eigenvalue weighted by molar-refractivity contribution is 0.101. The molecule has 1 atom stereocenters. The Morgan fingerprint density at radius 3 is 2.84 bits per heavy atom. The molecular formula is C22H20N2O. The van der Waals surface area contributed by atoms with Crippen molar-refractivity contribution in [3.05, 3.63) is 72.0 Å². The number of allylic oxidation sites excluding steroid dienone is 5. The van der Waals surface area contributed by atoms with Gasteiger partial charge in [0.05, 0.1) is 17.3 Å². The molecule has 1 aromatic heterocycles. The van der Waals surface area contributed by atoms with Crippen molar-refractivity contribution < 1.29 is 4.79 Å². The first-order chi connectivity index (χ1) is 12.0. The zero-order valence-electron chi connectivity index (χ0n) is 14.5. The van der Waals surface area contributed by atoms with E-state index in [0.717, 1.165) is 33.2 Å². The predicted molar refractivity (Wildman–Crippen MR) is 103 cm³/mol. The third-order valence-electron chi connectivity index (χ3n) is 4.71. The van der Waals surface area contributed by atoms with E-state index in [1.807, 2.05) is 30.4 Å². The molecular weight excluding hydrogens is 308 g/mol. The number of nitrogens with zero attached hydrogens (tertiary/aromatic N) is 2. The summed E-state index contributed by atoms with van der Waals surface area (Å²) in [6.07, 6.45) is 7.87. The van der Waals surface area contributed by atoms with Crippen LogP contribution in [0.15, 0.2) is 55.2 Å². The molecule has 1 unspecified atom stereocenters. The molecule has 124 valence electrons. The third kappa shape index (κ3) is 2.66. The van der Waals surface area contributed by atoms with Gasteiger partial charge in [-0.15, -0.1) is 0 Å². The average molecular weight is 328 g/mol. The number of carbonyl (C=O) groups excluding carboxylic acids is 1. The van der Waals surface area contributed by atoms with Crippen molar-refractivity contribution in [1.82, 2.24) is 4.57 Å². The fourth-order valence-electron chi connectivity index (χ4n) is 3.40. The van der Waals surface area contributed by atoms with E-state index in [1.165, 1.54) is 0 Å². The maximum absolute atomic E-state index is 12.5. The van der Waals surface area contributed by atoms with Crippen LogP contribution in [-0.2, 0) is 6.54 Å². The lowest BCUT2D eigenvalue weighted by Crippen LogP contribution is -2.10. The number of hydrogen-bond acceptors (Lipinski definition) is 2. The molecule has 0 amide bonds. The van der Waals surface area contributed by atoms with Crippen LogP contribution in [-0.4, -0.2) is 10.4 Å². The number of carbonyl (C=O) groups is 1. The average Bonchev–Trinajstić information content (AvgIpc) is 2.91. The van der Waals surface area contributed by atoms with Gasteiger partial charge in [0.2, 0.25) is 0 Å². The van der Waals surface area contributed by atoms with Gasteiger partial charge in [0, 0.05) is 17.9 Å². The van der Waals surface area contributed by atoms with Crippen molar-refractivity contribution in [3.63, 3.8) is 0 Å². The first kappa shape index (κ1) is 16.7. The number of aromatic nitrogens is 1. The van der Waals surface area contributed by atoms with Gasteiger partial charge in [-0.25, -0.2) is 0 Å². The van der Waals surface area contributed by atoms with Gasteiger partial charge in [0.15, 0.2) is 5.78 Å². The molecule has 0 bridgehead atoms. The van der Waals surface area contributed by atoms with Gasteiger partial charge >= 0.3 is 0 Å². The summed E-state index contributed by atoms with van der Waals surface area (Å²) in [5.74, 6) is 0.147. The Morgan fingerprint density at radius 2 is 2.20 bits per heavy atom. The fraction of sp³-hybridized carbons (Fsp3) is 0.182. The molecule has 0 saturated carbocycles. The summed E-state index contributed by atoms with van der Waals surface area (Å²) in [4.78, 5) is 12.5. The van der Waals surface area contributed by atoms with Gasteiger partial charge in [-0.05, 0) is 34.8 Å². The number of benzene rings is 1. The van der Waals surface area contributed by atoms with Crippen LogP contribution < -0.4 is 0 Å². The van der Waals surface area contributed by atoms with Gasteiger partial charge in [0.25, 0.3) is 0 Å². The molecule has 1 heterocycles. The molecule has 0 N–H and O–H groups in total. The lowest BCUT2D eigenvalue weighted by Gasteiger charge is -2.19. The van der Waals surface area contributed by atoms with Crippen LogP contribution in [0.1, 0.15) is 35.5 Å². The smallest absolute Gasteiger partial charge is 0.176 e. The van der Waals surface area contributed by atoms with Crippen molar-refractivity contribution in [1.29, 1.82) is 5.26 Å². The molecule has 0 aliphatic heterocycles. The Morgan fingerprint density at radius 1 is 1.44 bits per heavy atom. The SMILES string of the molecule is C=Cc1ccc2c(c1)c(C1=CC=CC(C)C1=C)c(C(C)=O)n2CC#N. The Kier molecular flexibility index (Phi) is 4.29. The molecule has 0 saturated heterocycles. The zero-order valence-corrected chi connectivity index (χ0v) is 14.5. The van der Waals surface area contributed by atoms with E-state index in [0.29, 0.717) is 5.69 Å². The molecule has 0 spiro atoms. The van der Waals surface area contributed by atoms with Gasteiger partial charge in [-0.3, -0.25) is 4.79 Å². The largest absolute Gasteiger partial charge is 0.324 e. The van der Waals surface area contributed by atoms with Crippen LogP contribution in [0, 0.1) is 17.2 Å². The Hall–Kier alpha value is -3.12. The molecule has 3 nitrogen and oxygen atoms in total. The summed E-state index contributed by atoms with van der Waals surface area (Å²) in [5, 5.41) is 10.2. The molecule has 3 rings (SSSR count). The second-order valence-electron chi connectivity index (χ2n) is 6.28. The van der Waals surface area contributed by atoms with Crippen molar-refractivity contribution >= 4 is 28.3 Å². The summed E-state index contributed by atoms with van der Waals surface area (Å²) in [6.45, 7) is 11.8. The number of fused-ring (bicyclic) bond motifs is 1. The van der Waals surface area contributed by atoms with Gasteiger partial charge in [-0.1, -0.05) is 50.5 Å². The summed E-state index contributed by atoms with van der Waals surface area (Å²) >= 11 is 0. The highest BCUT2D eigenvalue weighted by molar-refractivity contribution is 6.10. The summed E-state index contributed by atoms with van der Waals surface area (Å²) in [7, 11) is 0. The van der Waals surface area contributed by atoms with Crippen molar-refractivity contribution in [3.8, 4) is 6.07 Å². The van der Waals surface area contributed by atoms with Gasteiger partial charge < -0.3 is 4.57 Å². The fourth-order valence-corrected chi connectivity index (χ4v) is 3.40. The Labute approximate surface area is 147 Å². The van der Waals surface area contributed by atoms with Crippen molar-refractivity contribution in [2.24, 2.45) is 5.92 Å². The number of ketones is 1. The first-order valence-electron chi connectivity index (χ1n) is 8.24. The summed E-state index contributed by atoms with van der Waals surface area (Å²) in [6, 6.07) is 8.09. The molecule has 2 aromatic rings. The van der Waals surface area contributed by atoms with Crippen LogP contribution in [0.25, 0.3) is 22.6 Å². The topological polar surface area (TPSA) is 45.8 Å². The van der Waals surface area contributed by atoms with Crippen LogP contribution in [0.5, 0.6) is 0 Å². The Balaban J connectivity index is 2.45. The molecule has 1 aliphatic rings. The highest BCUT2D eigenvalue weighted by Gasteiger charge is 2.25. The Bertz CT molecular complexity index is 1010. The minimum Gasteiger partial charge on any atom is -0.324 e. The second-order valence-corrected chi connectivity index (χ2v) is 6.28. The van der Waals surface area contributed by atoms with E-state index < -0.39 is 0 Å². The van der Waals surface area contributed by atoms with Crippen molar-refractivity contribution in [2.75, 3.05) is 0 Å². The van der Waals surface area contributed by atoms with Crippen LogP contribution in [0.4, 0.5) is 0 Å². The van der Waals surface area contributed by atoms with E-state index in [4.69, 9.17) is 0 Å². The molecule has 0 radical (unpaired) electrons. The quantitative estimate of drug-likeness (QED) is 0.728. The highest BCUT2D eigenvalue weighted by Crippen LogP contribution is 2.39. The maximum Gasteiger partial charge on any atom is 0.176 e. The highest BCUT2D eigenvalue weighted by atomic mass is 16.1. The second kappa shape index (κ2) is 6.41. The van der Waals surface area contributed by atoms with Crippen LogP contribution in [0.3, 0.4) is 0 Å². The molecule has 25 heavy (non-hydrogen) atoms. The number of nitriles is 1. The van der Waals surface area contributed by atoms with Gasteiger partial charge in [-0.2, -0.15) is 5.26 Å². The minimum atomic E-state index is -0.0579. The van der Waals surface area contributed by atoms with Gasteiger partial charge in [0.1, 0.15) is 6.54 Å². The number of Topliss-reactive ketones (excluding diaryl/α,β-unsaturated/α-hetero) is 1. The van der Waals surface area contributed by atoms with E-state index >= 15 is 0 Å².